The number of benzene rings is 1. The normalized spacial score (nSPS) is 14.0. The summed E-state index contributed by atoms with van der Waals surface area (Å²) in [7, 11) is 0. The van der Waals surface area contributed by atoms with Gasteiger partial charge >= 0.3 is 0 Å². The van der Waals surface area contributed by atoms with Crippen molar-refractivity contribution >= 4 is 23.5 Å². The molecular weight excluding hydrogens is 441 g/mol. The number of carbonyl (C=O) groups is 1. The van der Waals surface area contributed by atoms with Crippen molar-refractivity contribution in [2.75, 3.05) is 11.1 Å². The van der Waals surface area contributed by atoms with Crippen molar-refractivity contribution in [3.05, 3.63) is 66.9 Å². The van der Waals surface area contributed by atoms with Crippen molar-refractivity contribution in [3.8, 4) is 17.1 Å². The maximum absolute atomic E-state index is 13.5. The maximum atomic E-state index is 13.5. The first kappa shape index (κ1) is 21.3. The van der Waals surface area contributed by atoms with Crippen LogP contribution in [0.15, 0.2) is 66.2 Å². The van der Waals surface area contributed by atoms with Crippen LogP contribution in [0.1, 0.15) is 31.7 Å². The molecule has 3 aromatic heterocycles. The molecule has 0 radical (unpaired) electrons. The Labute approximate surface area is 194 Å². The summed E-state index contributed by atoms with van der Waals surface area (Å²) in [6, 6.07) is 11.9. The molecule has 1 aromatic carbocycles. The number of rotatable bonds is 7. The van der Waals surface area contributed by atoms with Gasteiger partial charge in [-0.3, -0.25) is 14.3 Å². The highest BCUT2D eigenvalue weighted by atomic mass is 32.2. The lowest BCUT2D eigenvalue weighted by atomic mass is 10.2. The van der Waals surface area contributed by atoms with E-state index in [1.54, 1.807) is 30.7 Å². The summed E-state index contributed by atoms with van der Waals surface area (Å²) >= 11 is 1.27. The highest BCUT2D eigenvalue weighted by Crippen LogP contribution is 2.31. The lowest BCUT2D eigenvalue weighted by Gasteiger charge is -2.14. The second-order valence-electron chi connectivity index (χ2n) is 7.79. The van der Waals surface area contributed by atoms with Crippen LogP contribution in [-0.4, -0.2) is 41.2 Å². The minimum Gasteiger partial charge on any atom is -0.310 e. The van der Waals surface area contributed by atoms with Gasteiger partial charge in [0.2, 0.25) is 5.91 Å². The second kappa shape index (κ2) is 9.53. The first-order valence-corrected chi connectivity index (χ1v) is 11.8. The topological polar surface area (TPSA) is 90.5 Å². The lowest BCUT2D eigenvalue weighted by Crippen LogP contribution is -2.19. The van der Waals surface area contributed by atoms with Gasteiger partial charge in [0.25, 0.3) is 0 Å². The highest BCUT2D eigenvalue weighted by Gasteiger charge is 2.21. The SMILES string of the molecule is O=C(CSc1nnc(-c2ccncc2)n1-c1ccc(F)cc1)Nc1ccnn1C1CCCC1. The van der Waals surface area contributed by atoms with Crippen LogP contribution in [0.3, 0.4) is 0 Å². The van der Waals surface area contributed by atoms with Crippen molar-refractivity contribution < 1.29 is 9.18 Å². The van der Waals surface area contributed by atoms with E-state index >= 15 is 0 Å². The number of nitrogens with zero attached hydrogens (tertiary/aromatic N) is 6. The summed E-state index contributed by atoms with van der Waals surface area (Å²) in [5.74, 6) is 0.964. The van der Waals surface area contributed by atoms with Crippen LogP contribution >= 0.6 is 11.8 Å². The summed E-state index contributed by atoms with van der Waals surface area (Å²) in [6.07, 6.45) is 9.60. The Balaban J connectivity index is 1.35. The third-order valence-electron chi connectivity index (χ3n) is 5.60. The van der Waals surface area contributed by atoms with Crippen molar-refractivity contribution in [3.63, 3.8) is 0 Å². The molecule has 0 atom stereocenters. The van der Waals surface area contributed by atoms with Gasteiger partial charge in [-0.2, -0.15) is 5.10 Å². The summed E-state index contributed by atoms with van der Waals surface area (Å²) in [5, 5.41) is 16.5. The zero-order valence-electron chi connectivity index (χ0n) is 17.8. The molecule has 0 bridgehead atoms. The van der Waals surface area contributed by atoms with Crippen LogP contribution in [0.2, 0.25) is 0 Å². The van der Waals surface area contributed by atoms with E-state index in [-0.39, 0.29) is 17.5 Å². The number of hydrogen-bond acceptors (Lipinski definition) is 6. The van der Waals surface area contributed by atoms with Crippen LogP contribution in [0.4, 0.5) is 10.2 Å². The number of pyridine rings is 1. The van der Waals surface area contributed by atoms with Gasteiger partial charge in [0.1, 0.15) is 11.6 Å². The predicted molar refractivity (Wildman–Crippen MR) is 124 cm³/mol. The molecule has 1 N–H and O–H groups in total. The molecular formula is C23H22FN7OS. The molecule has 3 heterocycles. The van der Waals surface area contributed by atoms with Crippen molar-refractivity contribution in [1.82, 2.24) is 29.5 Å². The molecule has 4 aromatic rings. The molecule has 1 fully saturated rings. The van der Waals surface area contributed by atoms with Gasteiger partial charge in [-0.05, 0) is 49.2 Å². The first-order valence-electron chi connectivity index (χ1n) is 10.8. The number of anilines is 1. The molecule has 1 amide bonds. The Morgan fingerprint density at radius 3 is 2.55 bits per heavy atom. The standard InChI is InChI=1S/C23H22FN7OS/c24-17-5-7-18(8-6-17)30-22(16-9-12-25-13-10-16)28-29-23(30)33-15-21(32)27-20-11-14-26-31(20)19-3-1-2-4-19/h5-14,19H,1-4,15H2,(H,27,32). The number of carbonyl (C=O) groups excluding carboxylic acids is 1. The zero-order chi connectivity index (χ0) is 22.6. The summed E-state index contributed by atoms with van der Waals surface area (Å²) < 4.78 is 17.2. The minimum atomic E-state index is -0.329. The van der Waals surface area contributed by atoms with E-state index in [0.29, 0.717) is 28.5 Å². The molecule has 1 saturated carbocycles. The van der Waals surface area contributed by atoms with Gasteiger partial charge in [-0.25, -0.2) is 9.07 Å². The summed E-state index contributed by atoms with van der Waals surface area (Å²) in [6.45, 7) is 0. The van der Waals surface area contributed by atoms with Gasteiger partial charge in [-0.15, -0.1) is 10.2 Å². The molecule has 10 heteroatoms. The van der Waals surface area contributed by atoms with E-state index in [1.807, 2.05) is 27.4 Å². The first-order chi connectivity index (χ1) is 16.2. The largest absolute Gasteiger partial charge is 0.310 e. The van der Waals surface area contributed by atoms with Crippen molar-refractivity contribution in [1.29, 1.82) is 0 Å². The molecule has 0 aliphatic heterocycles. The van der Waals surface area contributed by atoms with E-state index in [1.165, 1.54) is 36.7 Å². The molecule has 5 rings (SSSR count). The summed E-state index contributed by atoms with van der Waals surface area (Å²) in [4.78, 5) is 16.8. The van der Waals surface area contributed by atoms with Crippen LogP contribution in [0.5, 0.6) is 0 Å². The fraction of sp³-hybridized carbons (Fsp3) is 0.261. The third kappa shape index (κ3) is 4.65. The number of aromatic nitrogens is 6. The van der Waals surface area contributed by atoms with Crippen molar-refractivity contribution in [2.45, 2.75) is 36.9 Å². The minimum absolute atomic E-state index is 0.144. The zero-order valence-corrected chi connectivity index (χ0v) is 18.6. The van der Waals surface area contributed by atoms with Crippen LogP contribution in [0.25, 0.3) is 17.1 Å². The highest BCUT2D eigenvalue weighted by molar-refractivity contribution is 7.99. The van der Waals surface area contributed by atoms with Gasteiger partial charge < -0.3 is 5.32 Å². The second-order valence-corrected chi connectivity index (χ2v) is 8.73. The summed E-state index contributed by atoms with van der Waals surface area (Å²) in [5.41, 5.74) is 1.52. The number of halogens is 1. The molecule has 33 heavy (non-hydrogen) atoms. The maximum Gasteiger partial charge on any atom is 0.235 e. The predicted octanol–water partition coefficient (Wildman–Crippen LogP) is 4.51. The average Bonchev–Trinajstić information content (AvgIpc) is 3.59. The molecule has 168 valence electrons. The van der Waals surface area contributed by atoms with Gasteiger partial charge in [0.15, 0.2) is 11.0 Å². The monoisotopic (exact) mass is 463 g/mol. The molecule has 0 saturated heterocycles. The van der Waals surface area contributed by atoms with E-state index in [4.69, 9.17) is 0 Å². The number of amides is 1. The van der Waals surface area contributed by atoms with E-state index in [9.17, 15) is 9.18 Å². The fourth-order valence-electron chi connectivity index (χ4n) is 4.04. The Bertz CT molecular complexity index is 1230. The third-order valence-corrected chi connectivity index (χ3v) is 6.53. The molecule has 0 unspecified atom stereocenters. The average molecular weight is 464 g/mol. The van der Waals surface area contributed by atoms with Crippen LogP contribution in [0, 0.1) is 5.82 Å². The number of nitrogens with one attached hydrogen (secondary N) is 1. The Morgan fingerprint density at radius 2 is 1.79 bits per heavy atom. The van der Waals surface area contributed by atoms with Gasteiger partial charge in [-0.1, -0.05) is 24.6 Å². The van der Waals surface area contributed by atoms with Gasteiger partial charge in [0.05, 0.1) is 18.0 Å². The van der Waals surface area contributed by atoms with E-state index in [0.717, 1.165) is 18.4 Å². The smallest absolute Gasteiger partial charge is 0.235 e. The molecule has 8 nitrogen and oxygen atoms in total. The Hall–Kier alpha value is -3.53. The Morgan fingerprint density at radius 1 is 1.03 bits per heavy atom. The van der Waals surface area contributed by atoms with Crippen LogP contribution < -0.4 is 5.32 Å². The van der Waals surface area contributed by atoms with Crippen LogP contribution in [-0.2, 0) is 4.79 Å². The molecule has 1 aliphatic carbocycles. The van der Waals surface area contributed by atoms with E-state index in [2.05, 4.69) is 25.6 Å². The number of thioether (sulfide) groups is 1. The Kier molecular flexibility index (Phi) is 6.16. The van der Waals surface area contributed by atoms with Gasteiger partial charge in [0, 0.05) is 29.7 Å². The lowest BCUT2D eigenvalue weighted by molar-refractivity contribution is -0.113. The van der Waals surface area contributed by atoms with E-state index < -0.39 is 0 Å². The molecule has 0 spiro atoms. The number of hydrogen-bond donors (Lipinski definition) is 1. The quantitative estimate of drug-likeness (QED) is 0.406. The van der Waals surface area contributed by atoms with Crippen molar-refractivity contribution in [2.24, 2.45) is 0 Å². The molecule has 1 aliphatic rings. The fourth-order valence-corrected chi connectivity index (χ4v) is 4.79.